The van der Waals surface area contributed by atoms with Gasteiger partial charge in [-0.2, -0.15) is 11.3 Å². The lowest BCUT2D eigenvalue weighted by Crippen LogP contribution is -2.67. The fourth-order valence-corrected chi connectivity index (χ4v) is 3.69. The molecule has 3 aliphatic rings. The summed E-state index contributed by atoms with van der Waals surface area (Å²) in [5.41, 5.74) is 4.43. The van der Waals surface area contributed by atoms with Crippen molar-refractivity contribution >= 4 is 11.3 Å². The highest BCUT2D eigenvalue weighted by Gasteiger charge is 2.36. The van der Waals surface area contributed by atoms with E-state index in [1.165, 1.54) is 38.3 Å². The van der Waals surface area contributed by atoms with E-state index in [-0.39, 0.29) is 0 Å². The summed E-state index contributed by atoms with van der Waals surface area (Å²) in [7, 11) is 0. The molecule has 0 aliphatic carbocycles. The van der Waals surface area contributed by atoms with Crippen molar-refractivity contribution < 1.29 is 0 Å². The molecule has 2 unspecified atom stereocenters. The minimum atomic E-state index is 0.368. The third kappa shape index (κ3) is 2.39. The zero-order chi connectivity index (χ0) is 11.7. The highest BCUT2D eigenvalue weighted by atomic mass is 32.1. The first-order valence-corrected chi connectivity index (χ1v) is 7.24. The minimum absolute atomic E-state index is 0.368. The summed E-state index contributed by atoms with van der Waals surface area (Å²) in [5.74, 6) is 5.76. The minimum Gasteiger partial charge on any atom is -0.299 e. The molecule has 0 spiro atoms. The molecule has 94 valence electrons. The number of nitrogens with one attached hydrogen (secondary N) is 1. The van der Waals surface area contributed by atoms with Gasteiger partial charge in [-0.1, -0.05) is 0 Å². The van der Waals surface area contributed by atoms with Crippen molar-refractivity contribution in [2.24, 2.45) is 5.84 Å². The van der Waals surface area contributed by atoms with Crippen LogP contribution in [0.15, 0.2) is 16.8 Å². The second kappa shape index (κ2) is 5.04. The number of nitrogens with zero attached hydrogens (tertiary/aromatic N) is 2. The van der Waals surface area contributed by atoms with E-state index >= 15 is 0 Å². The summed E-state index contributed by atoms with van der Waals surface area (Å²) < 4.78 is 0. The Kier molecular flexibility index (Phi) is 3.44. The monoisotopic (exact) mass is 252 g/mol. The zero-order valence-electron chi connectivity index (χ0n) is 10.0. The average Bonchev–Trinajstić information content (AvgIpc) is 2.90. The molecule has 3 N–H and O–H groups in total. The second-order valence-electron chi connectivity index (χ2n) is 5.01. The Hall–Kier alpha value is -0.460. The topological polar surface area (TPSA) is 44.5 Å². The molecular weight excluding hydrogens is 232 g/mol. The lowest BCUT2D eigenvalue weighted by molar-refractivity contribution is -0.00313. The van der Waals surface area contributed by atoms with E-state index in [1.54, 1.807) is 11.3 Å². The normalized spacial score (nSPS) is 33.8. The highest BCUT2D eigenvalue weighted by Crippen LogP contribution is 2.20. The molecule has 3 saturated heterocycles. The van der Waals surface area contributed by atoms with Crippen molar-refractivity contribution in [2.75, 3.05) is 32.7 Å². The third-order valence-corrected chi connectivity index (χ3v) is 4.77. The molecule has 2 atom stereocenters. The van der Waals surface area contributed by atoms with Crippen molar-refractivity contribution in [3.05, 3.63) is 22.4 Å². The Labute approximate surface area is 106 Å². The molecule has 4 heterocycles. The summed E-state index contributed by atoms with van der Waals surface area (Å²) >= 11 is 1.76. The lowest BCUT2D eigenvalue weighted by atomic mass is 9.96. The molecule has 1 aromatic rings. The quantitative estimate of drug-likeness (QED) is 0.590. The smallest absolute Gasteiger partial charge is 0.0419 e. The molecule has 17 heavy (non-hydrogen) atoms. The van der Waals surface area contributed by atoms with E-state index in [9.17, 15) is 0 Å². The van der Waals surface area contributed by atoms with Crippen molar-refractivity contribution in [2.45, 2.75) is 18.5 Å². The fourth-order valence-electron chi connectivity index (χ4n) is 3.01. The maximum absolute atomic E-state index is 5.76. The summed E-state index contributed by atoms with van der Waals surface area (Å²) in [4.78, 5) is 5.15. The lowest BCUT2D eigenvalue weighted by Gasteiger charge is -2.50. The van der Waals surface area contributed by atoms with Gasteiger partial charge in [0.05, 0.1) is 0 Å². The van der Waals surface area contributed by atoms with E-state index in [0.29, 0.717) is 12.1 Å². The second-order valence-corrected chi connectivity index (χ2v) is 5.79. The molecule has 3 aliphatic heterocycles. The summed E-state index contributed by atoms with van der Waals surface area (Å²) in [6.07, 6.45) is 1.04. The number of fused-ring (bicyclic) bond motifs is 3. The first kappa shape index (κ1) is 11.6. The Balaban J connectivity index is 1.68. The van der Waals surface area contributed by atoms with Gasteiger partial charge in [-0.05, 0) is 28.8 Å². The van der Waals surface area contributed by atoms with Crippen LogP contribution in [-0.4, -0.2) is 54.6 Å². The number of hydrazine groups is 1. The van der Waals surface area contributed by atoms with Crippen LogP contribution in [-0.2, 0) is 6.42 Å². The predicted molar refractivity (Wildman–Crippen MR) is 70.9 cm³/mol. The van der Waals surface area contributed by atoms with Gasteiger partial charge in [0.25, 0.3) is 0 Å². The van der Waals surface area contributed by atoms with Crippen LogP contribution in [0.2, 0.25) is 0 Å². The van der Waals surface area contributed by atoms with E-state index in [2.05, 4.69) is 32.1 Å². The maximum atomic E-state index is 5.76. The molecule has 2 bridgehead atoms. The molecule has 0 saturated carbocycles. The van der Waals surface area contributed by atoms with Crippen molar-refractivity contribution in [3.8, 4) is 0 Å². The van der Waals surface area contributed by atoms with Gasteiger partial charge >= 0.3 is 0 Å². The van der Waals surface area contributed by atoms with Gasteiger partial charge in [0.1, 0.15) is 0 Å². The molecule has 5 heteroatoms. The van der Waals surface area contributed by atoms with Crippen molar-refractivity contribution in [3.63, 3.8) is 0 Å². The van der Waals surface area contributed by atoms with E-state index < -0.39 is 0 Å². The molecular formula is C12H20N4S. The van der Waals surface area contributed by atoms with Gasteiger partial charge in [-0.25, -0.2) is 0 Å². The van der Waals surface area contributed by atoms with Crippen molar-refractivity contribution in [1.29, 1.82) is 0 Å². The summed E-state index contributed by atoms with van der Waals surface area (Å²) in [5, 5.41) is 4.36. The van der Waals surface area contributed by atoms with E-state index in [0.717, 1.165) is 6.42 Å². The average molecular weight is 252 g/mol. The number of hydrogen-bond acceptors (Lipinski definition) is 5. The van der Waals surface area contributed by atoms with Crippen LogP contribution in [0.3, 0.4) is 0 Å². The number of hydrogen-bond donors (Lipinski definition) is 2. The third-order valence-electron chi connectivity index (χ3n) is 4.04. The van der Waals surface area contributed by atoms with Crippen molar-refractivity contribution in [1.82, 2.24) is 15.2 Å². The SMILES string of the molecule is NNC(Cc1ccsc1)C1CN2CCN1CC2. The number of thiophene rings is 1. The van der Waals surface area contributed by atoms with Crippen LogP contribution >= 0.6 is 11.3 Å². The molecule has 4 nitrogen and oxygen atoms in total. The van der Waals surface area contributed by atoms with Crippen LogP contribution in [0.4, 0.5) is 0 Å². The van der Waals surface area contributed by atoms with Gasteiger partial charge in [-0.3, -0.25) is 21.1 Å². The van der Waals surface area contributed by atoms with Gasteiger partial charge in [0, 0.05) is 44.8 Å². The number of nitrogens with two attached hydrogens (primary N) is 1. The van der Waals surface area contributed by atoms with Crippen LogP contribution in [0.1, 0.15) is 5.56 Å². The Bertz CT molecular complexity index is 345. The Morgan fingerprint density at radius 3 is 2.76 bits per heavy atom. The van der Waals surface area contributed by atoms with E-state index in [1.807, 2.05) is 0 Å². The maximum Gasteiger partial charge on any atom is 0.0419 e. The molecule has 3 fully saturated rings. The summed E-state index contributed by atoms with van der Waals surface area (Å²) in [6.45, 7) is 6.02. The molecule has 4 rings (SSSR count). The van der Waals surface area contributed by atoms with Gasteiger partial charge in [0.2, 0.25) is 0 Å². The van der Waals surface area contributed by atoms with Gasteiger partial charge in [-0.15, -0.1) is 0 Å². The molecule has 1 aromatic heterocycles. The molecule has 0 amide bonds. The zero-order valence-corrected chi connectivity index (χ0v) is 10.8. The first-order chi connectivity index (χ1) is 8.36. The molecule has 0 aromatic carbocycles. The number of rotatable bonds is 4. The Morgan fingerprint density at radius 1 is 1.41 bits per heavy atom. The fraction of sp³-hybridized carbons (Fsp3) is 0.667. The van der Waals surface area contributed by atoms with Crippen LogP contribution < -0.4 is 11.3 Å². The van der Waals surface area contributed by atoms with Gasteiger partial charge in [0.15, 0.2) is 0 Å². The Morgan fingerprint density at radius 2 is 2.24 bits per heavy atom. The standard InChI is InChI=1S/C12H20N4S/c13-14-11(7-10-1-6-17-9-10)12-8-15-2-4-16(12)5-3-15/h1,6,9,11-12,14H,2-5,7-8,13H2. The van der Waals surface area contributed by atoms with Crippen LogP contribution in [0.5, 0.6) is 0 Å². The summed E-state index contributed by atoms with van der Waals surface area (Å²) in [6, 6.07) is 3.14. The highest BCUT2D eigenvalue weighted by molar-refractivity contribution is 7.07. The largest absolute Gasteiger partial charge is 0.299 e. The predicted octanol–water partition coefficient (Wildman–Crippen LogP) is 0.122. The number of piperazine rings is 3. The van der Waals surface area contributed by atoms with Gasteiger partial charge < -0.3 is 0 Å². The molecule has 0 radical (unpaired) electrons. The van der Waals surface area contributed by atoms with Crippen LogP contribution in [0, 0.1) is 0 Å². The van der Waals surface area contributed by atoms with E-state index in [4.69, 9.17) is 5.84 Å². The van der Waals surface area contributed by atoms with Crippen LogP contribution in [0.25, 0.3) is 0 Å². The first-order valence-electron chi connectivity index (χ1n) is 6.30.